The van der Waals surface area contributed by atoms with E-state index in [4.69, 9.17) is 4.74 Å². The summed E-state index contributed by atoms with van der Waals surface area (Å²) in [6.07, 6.45) is 2.19. The number of carbonyl (C=O) groups is 3. The number of aliphatic hydroxyl groups is 1. The number of nitrogens with one attached hydrogen (secondary N) is 1. The van der Waals surface area contributed by atoms with E-state index in [9.17, 15) is 32.7 Å². The zero-order valence-corrected chi connectivity index (χ0v) is 18.4. The summed E-state index contributed by atoms with van der Waals surface area (Å²) in [5.74, 6) is -6.56. The number of nitrogens with zero attached hydrogens (tertiary/aromatic N) is 2. The Bertz CT molecular complexity index is 1070. The Hall–Kier alpha value is -3.34. The van der Waals surface area contributed by atoms with Gasteiger partial charge in [-0.15, -0.1) is 0 Å². The van der Waals surface area contributed by atoms with Gasteiger partial charge in [0.15, 0.2) is 12.0 Å². The third kappa shape index (κ3) is 4.52. The maximum absolute atomic E-state index is 13.9. The summed E-state index contributed by atoms with van der Waals surface area (Å²) in [4.78, 5) is 41.1. The number of aliphatic hydroxyl groups excluding tert-OH is 1. The lowest BCUT2D eigenvalue weighted by Gasteiger charge is -2.47. The summed E-state index contributed by atoms with van der Waals surface area (Å²) >= 11 is 0. The lowest BCUT2D eigenvalue weighted by Crippen LogP contribution is -2.62. The molecule has 3 aliphatic rings. The number of ketones is 1. The van der Waals surface area contributed by atoms with Crippen LogP contribution in [-0.2, 0) is 25.7 Å². The van der Waals surface area contributed by atoms with E-state index in [0.717, 1.165) is 19.0 Å². The van der Waals surface area contributed by atoms with Gasteiger partial charge in [0, 0.05) is 36.5 Å². The Morgan fingerprint density at radius 1 is 1.26 bits per heavy atom. The van der Waals surface area contributed by atoms with Gasteiger partial charge in [-0.25, -0.2) is 13.2 Å². The molecule has 1 saturated carbocycles. The van der Waals surface area contributed by atoms with Gasteiger partial charge >= 0.3 is 0 Å². The normalized spacial score (nSPS) is 26.4. The van der Waals surface area contributed by atoms with Gasteiger partial charge in [0.1, 0.15) is 23.0 Å². The lowest BCUT2D eigenvalue weighted by molar-refractivity contribution is -0.183. The Morgan fingerprint density at radius 2 is 1.94 bits per heavy atom. The molecule has 8 nitrogen and oxygen atoms in total. The van der Waals surface area contributed by atoms with Crippen LogP contribution in [0.2, 0.25) is 0 Å². The van der Waals surface area contributed by atoms with Crippen LogP contribution >= 0.6 is 0 Å². The van der Waals surface area contributed by atoms with Crippen molar-refractivity contribution in [1.82, 2.24) is 15.1 Å². The minimum absolute atomic E-state index is 0.0279. The standard InChI is InChI=1S/C23H24F3N3O5/c1-11-3-14-6-19(11)29-20(31)9-28(10-21(29)34-14)8-16(22(32)12(2)30)23(33)27-7-15-17(25)4-13(24)5-18(15)26/h4-5,8,11,14,19,21,30H,2-3,6-7,9-10H2,1H3,(H,27,33)/b16-8+/t11-,14-,19-,21?/m1/s1. The number of allylic oxidation sites excluding steroid dienone is 1. The van der Waals surface area contributed by atoms with Crippen LogP contribution in [0, 0.1) is 23.4 Å². The molecule has 0 aromatic heterocycles. The van der Waals surface area contributed by atoms with Crippen molar-refractivity contribution in [2.24, 2.45) is 5.92 Å². The first-order chi connectivity index (χ1) is 16.0. The van der Waals surface area contributed by atoms with Gasteiger partial charge in [-0.2, -0.15) is 0 Å². The summed E-state index contributed by atoms with van der Waals surface area (Å²) in [6, 6.07) is 1.00. The van der Waals surface area contributed by atoms with Crippen LogP contribution in [-0.4, -0.2) is 64.0 Å². The van der Waals surface area contributed by atoms with Crippen LogP contribution in [0.5, 0.6) is 0 Å². The molecule has 0 radical (unpaired) electrons. The fourth-order valence-corrected chi connectivity index (χ4v) is 4.83. The fraction of sp³-hybridized carbons (Fsp3) is 0.435. The quantitative estimate of drug-likeness (QED) is 0.280. The van der Waals surface area contributed by atoms with E-state index in [1.54, 1.807) is 4.90 Å². The number of halogens is 3. The minimum atomic E-state index is -1.21. The summed E-state index contributed by atoms with van der Waals surface area (Å²) in [5.41, 5.74) is -1.18. The minimum Gasteiger partial charge on any atom is -0.505 e. The number of hydrogen-bond acceptors (Lipinski definition) is 6. The van der Waals surface area contributed by atoms with Crippen molar-refractivity contribution in [2.75, 3.05) is 13.1 Å². The van der Waals surface area contributed by atoms with Crippen molar-refractivity contribution in [3.05, 3.63) is 59.3 Å². The number of hydrogen-bond donors (Lipinski definition) is 2. The highest BCUT2D eigenvalue weighted by Gasteiger charge is 2.49. The van der Waals surface area contributed by atoms with Gasteiger partial charge in [-0.3, -0.25) is 14.4 Å². The van der Waals surface area contributed by atoms with Crippen LogP contribution in [0.3, 0.4) is 0 Å². The molecule has 1 aromatic carbocycles. The SMILES string of the molecule is C=C(O)C(=O)/C(=C\N1CC(=O)N2C(C1)O[C@@H]1C[C@@H](C)[C@H]2C1)C(=O)NCc1c(F)cc(F)cc1F. The molecule has 11 heteroatoms. The second-order valence-corrected chi connectivity index (χ2v) is 8.81. The third-order valence-electron chi connectivity index (χ3n) is 6.42. The van der Waals surface area contributed by atoms with Gasteiger partial charge < -0.3 is 25.0 Å². The molecule has 2 N–H and O–H groups in total. The maximum Gasteiger partial charge on any atom is 0.257 e. The molecule has 182 valence electrons. The predicted octanol–water partition coefficient (Wildman–Crippen LogP) is 1.91. The number of piperazine rings is 1. The Labute approximate surface area is 193 Å². The number of ether oxygens (including phenoxy) is 1. The van der Waals surface area contributed by atoms with E-state index in [-0.39, 0.29) is 31.1 Å². The first-order valence-electron chi connectivity index (χ1n) is 10.8. The largest absolute Gasteiger partial charge is 0.505 e. The smallest absolute Gasteiger partial charge is 0.257 e. The van der Waals surface area contributed by atoms with Crippen LogP contribution in [0.1, 0.15) is 25.3 Å². The topological polar surface area (TPSA) is 99.2 Å². The molecular weight excluding hydrogens is 455 g/mol. The molecular formula is C23H24F3N3O5. The molecule has 34 heavy (non-hydrogen) atoms. The number of Topliss-reactive ketones (excluding diaryl/α,β-unsaturated/α-hetero) is 1. The van der Waals surface area contributed by atoms with Crippen molar-refractivity contribution in [3.8, 4) is 0 Å². The highest BCUT2D eigenvalue weighted by Crippen LogP contribution is 2.40. The van der Waals surface area contributed by atoms with E-state index in [2.05, 4.69) is 18.8 Å². The highest BCUT2D eigenvalue weighted by atomic mass is 19.1. The van der Waals surface area contributed by atoms with E-state index < -0.39 is 58.8 Å². The average molecular weight is 479 g/mol. The summed E-state index contributed by atoms with van der Waals surface area (Å²) in [6.45, 7) is 4.58. The molecule has 1 aromatic rings. The molecule has 2 amide bonds. The molecule has 2 heterocycles. The average Bonchev–Trinajstić information content (AvgIpc) is 3.03. The zero-order chi connectivity index (χ0) is 24.7. The summed E-state index contributed by atoms with van der Waals surface area (Å²) in [7, 11) is 0. The molecule has 2 aliphatic heterocycles. The number of fused-ring (bicyclic) bond motifs is 4. The van der Waals surface area contributed by atoms with Crippen LogP contribution in [0.15, 0.2) is 36.2 Å². The molecule has 0 spiro atoms. The summed E-state index contributed by atoms with van der Waals surface area (Å²) in [5, 5.41) is 11.8. The second kappa shape index (κ2) is 9.13. The lowest BCUT2D eigenvalue weighted by atomic mass is 10.0. The number of benzene rings is 1. The van der Waals surface area contributed by atoms with Crippen molar-refractivity contribution in [2.45, 2.75) is 44.7 Å². The molecule has 1 aliphatic carbocycles. The van der Waals surface area contributed by atoms with Crippen molar-refractivity contribution in [3.63, 3.8) is 0 Å². The molecule has 1 unspecified atom stereocenters. The molecule has 4 atom stereocenters. The molecule has 4 rings (SSSR count). The molecule has 2 saturated heterocycles. The maximum atomic E-state index is 13.9. The van der Waals surface area contributed by atoms with E-state index in [0.29, 0.717) is 18.1 Å². The summed E-state index contributed by atoms with van der Waals surface area (Å²) < 4.78 is 46.9. The molecule has 2 bridgehead atoms. The second-order valence-electron chi connectivity index (χ2n) is 8.81. The first-order valence-corrected chi connectivity index (χ1v) is 10.8. The number of carbonyl (C=O) groups excluding carboxylic acids is 3. The van der Waals surface area contributed by atoms with E-state index in [1.165, 1.54) is 4.90 Å². The van der Waals surface area contributed by atoms with E-state index >= 15 is 0 Å². The van der Waals surface area contributed by atoms with Gasteiger partial charge in [0.05, 0.1) is 19.2 Å². The van der Waals surface area contributed by atoms with Crippen molar-refractivity contribution in [1.29, 1.82) is 0 Å². The predicted molar refractivity (Wildman–Crippen MR) is 112 cm³/mol. The third-order valence-corrected chi connectivity index (χ3v) is 6.42. The number of rotatable bonds is 6. The van der Waals surface area contributed by atoms with E-state index in [1.807, 2.05) is 0 Å². The Balaban J connectivity index is 1.53. The Kier molecular flexibility index (Phi) is 6.39. The first kappa shape index (κ1) is 23.8. The molecule has 3 fully saturated rings. The van der Waals surface area contributed by atoms with Gasteiger partial charge in [-0.1, -0.05) is 13.5 Å². The van der Waals surface area contributed by atoms with Crippen molar-refractivity contribution < 1.29 is 37.4 Å². The fourth-order valence-electron chi connectivity index (χ4n) is 4.83. The zero-order valence-electron chi connectivity index (χ0n) is 18.4. The Morgan fingerprint density at radius 3 is 2.59 bits per heavy atom. The van der Waals surface area contributed by atoms with Gasteiger partial charge in [-0.05, 0) is 18.8 Å². The van der Waals surface area contributed by atoms with Crippen LogP contribution in [0.25, 0.3) is 0 Å². The van der Waals surface area contributed by atoms with Gasteiger partial charge in [0.2, 0.25) is 11.7 Å². The highest BCUT2D eigenvalue weighted by molar-refractivity contribution is 6.24. The monoisotopic (exact) mass is 479 g/mol. The van der Waals surface area contributed by atoms with Crippen LogP contribution in [0.4, 0.5) is 13.2 Å². The van der Waals surface area contributed by atoms with Gasteiger partial charge in [0.25, 0.3) is 5.91 Å². The number of amides is 2. The van der Waals surface area contributed by atoms with Crippen molar-refractivity contribution >= 4 is 17.6 Å². The van der Waals surface area contributed by atoms with Crippen LogP contribution < -0.4 is 5.32 Å².